The smallest absolute Gasteiger partial charge is 0.272 e. The third-order valence-electron chi connectivity index (χ3n) is 4.05. The summed E-state index contributed by atoms with van der Waals surface area (Å²) in [6.07, 6.45) is 0.118. The van der Waals surface area contributed by atoms with Gasteiger partial charge in [-0.3, -0.25) is 9.59 Å². The van der Waals surface area contributed by atoms with E-state index in [1.165, 1.54) is 0 Å². The zero-order chi connectivity index (χ0) is 17.8. The van der Waals surface area contributed by atoms with Crippen LogP contribution in [0.5, 0.6) is 0 Å². The Morgan fingerprint density at radius 2 is 1.76 bits per heavy atom. The fourth-order valence-electron chi connectivity index (χ4n) is 2.63. The van der Waals surface area contributed by atoms with Gasteiger partial charge < -0.3 is 10.2 Å². The molecule has 1 amide bonds. The number of carbonyl (C=O) groups is 1. The molecule has 0 spiro atoms. The largest absolute Gasteiger partial charge is 0.378 e. The monoisotopic (exact) mass is 336 g/mol. The Hall–Kier alpha value is -3.15. The van der Waals surface area contributed by atoms with Crippen molar-refractivity contribution < 1.29 is 4.79 Å². The maximum atomic E-state index is 12.2. The van der Waals surface area contributed by atoms with Gasteiger partial charge in [0.05, 0.1) is 17.5 Å². The number of hydrogen-bond acceptors (Lipinski definition) is 4. The maximum Gasteiger partial charge on any atom is 0.272 e. The minimum absolute atomic E-state index is 0.118. The number of hydrogen-bond donors (Lipinski definition) is 2. The fraction of sp³-hybridized carbons (Fsp3) is 0.211. The van der Waals surface area contributed by atoms with Crippen molar-refractivity contribution >= 4 is 22.4 Å². The average Bonchev–Trinajstić information content (AvgIpc) is 2.63. The van der Waals surface area contributed by atoms with Crippen LogP contribution < -0.4 is 15.8 Å². The third-order valence-corrected chi connectivity index (χ3v) is 4.05. The summed E-state index contributed by atoms with van der Waals surface area (Å²) in [5.41, 5.74) is 2.45. The van der Waals surface area contributed by atoms with E-state index in [1.807, 2.05) is 49.3 Å². The summed E-state index contributed by atoms with van der Waals surface area (Å²) >= 11 is 0. The van der Waals surface area contributed by atoms with Gasteiger partial charge in [0.15, 0.2) is 0 Å². The molecule has 0 unspecified atom stereocenters. The Morgan fingerprint density at radius 3 is 2.44 bits per heavy atom. The van der Waals surface area contributed by atoms with Gasteiger partial charge in [-0.2, -0.15) is 5.10 Å². The first-order valence-electron chi connectivity index (χ1n) is 8.04. The highest BCUT2D eigenvalue weighted by atomic mass is 16.1. The van der Waals surface area contributed by atoms with Crippen LogP contribution in [0.25, 0.3) is 10.8 Å². The fourth-order valence-corrected chi connectivity index (χ4v) is 2.63. The van der Waals surface area contributed by atoms with E-state index < -0.39 is 0 Å². The van der Waals surface area contributed by atoms with Gasteiger partial charge in [0.1, 0.15) is 0 Å². The van der Waals surface area contributed by atoms with Gasteiger partial charge in [0.2, 0.25) is 5.91 Å². The minimum Gasteiger partial charge on any atom is -0.378 e. The maximum absolute atomic E-state index is 12.2. The summed E-state index contributed by atoms with van der Waals surface area (Å²) < 4.78 is 0. The van der Waals surface area contributed by atoms with Crippen molar-refractivity contribution in [3.8, 4) is 0 Å². The molecular weight excluding hydrogens is 316 g/mol. The standard InChI is InChI=1S/C19H20N4O2/c1-23(2)14-9-7-13(8-10-14)12-20-18(24)11-17-15-5-3-4-6-16(15)19(25)22-21-17/h3-10H,11-12H2,1-2H3,(H,20,24)(H,22,25). The number of H-pyrrole nitrogens is 1. The molecule has 2 aromatic carbocycles. The van der Waals surface area contributed by atoms with Crippen LogP contribution in [0, 0.1) is 0 Å². The van der Waals surface area contributed by atoms with E-state index in [4.69, 9.17) is 0 Å². The predicted octanol–water partition coefficient (Wildman–Crippen LogP) is 1.85. The molecule has 25 heavy (non-hydrogen) atoms. The van der Waals surface area contributed by atoms with E-state index in [-0.39, 0.29) is 17.9 Å². The SMILES string of the molecule is CN(C)c1ccc(CNC(=O)Cc2n[nH]c(=O)c3ccccc23)cc1. The Labute approximate surface area is 145 Å². The normalized spacial score (nSPS) is 10.6. The number of benzene rings is 2. The molecule has 0 saturated heterocycles. The molecule has 6 nitrogen and oxygen atoms in total. The number of nitrogens with zero attached hydrogens (tertiary/aromatic N) is 2. The summed E-state index contributed by atoms with van der Waals surface area (Å²) in [6.45, 7) is 0.452. The van der Waals surface area contributed by atoms with Gasteiger partial charge >= 0.3 is 0 Å². The molecule has 0 aliphatic rings. The molecule has 0 radical (unpaired) electrons. The molecule has 0 atom stereocenters. The number of aromatic nitrogens is 2. The van der Waals surface area contributed by atoms with E-state index in [0.717, 1.165) is 11.3 Å². The molecule has 0 aliphatic carbocycles. The minimum atomic E-state index is -0.249. The number of fused-ring (bicyclic) bond motifs is 1. The van der Waals surface area contributed by atoms with E-state index in [0.29, 0.717) is 23.0 Å². The lowest BCUT2D eigenvalue weighted by Gasteiger charge is -2.13. The van der Waals surface area contributed by atoms with Crippen LogP contribution in [0.1, 0.15) is 11.3 Å². The van der Waals surface area contributed by atoms with Crippen molar-refractivity contribution in [3.63, 3.8) is 0 Å². The molecule has 3 aromatic rings. The third kappa shape index (κ3) is 3.85. The first-order valence-corrected chi connectivity index (χ1v) is 8.04. The Bertz CT molecular complexity index is 946. The molecule has 128 valence electrons. The van der Waals surface area contributed by atoms with E-state index in [1.54, 1.807) is 18.2 Å². The van der Waals surface area contributed by atoms with Crippen LogP contribution in [-0.2, 0) is 17.8 Å². The van der Waals surface area contributed by atoms with E-state index in [9.17, 15) is 9.59 Å². The summed E-state index contributed by atoms with van der Waals surface area (Å²) in [5.74, 6) is -0.138. The number of anilines is 1. The molecule has 6 heteroatoms. The molecular formula is C19H20N4O2. The van der Waals surface area contributed by atoms with Gasteiger partial charge in [0, 0.05) is 31.7 Å². The van der Waals surface area contributed by atoms with E-state index >= 15 is 0 Å². The van der Waals surface area contributed by atoms with Gasteiger partial charge in [0.25, 0.3) is 5.56 Å². The molecule has 0 bridgehead atoms. The highest BCUT2D eigenvalue weighted by Gasteiger charge is 2.10. The molecule has 1 aromatic heterocycles. The van der Waals surface area contributed by atoms with Crippen molar-refractivity contribution in [3.05, 3.63) is 70.1 Å². The molecule has 0 saturated carbocycles. The van der Waals surface area contributed by atoms with Crippen molar-refractivity contribution in [1.82, 2.24) is 15.5 Å². The molecule has 0 aliphatic heterocycles. The van der Waals surface area contributed by atoms with Gasteiger partial charge in [-0.1, -0.05) is 30.3 Å². The van der Waals surface area contributed by atoms with Gasteiger partial charge in [-0.25, -0.2) is 5.10 Å². The molecule has 3 rings (SSSR count). The van der Waals surface area contributed by atoms with Gasteiger partial charge in [-0.05, 0) is 23.8 Å². The first-order chi connectivity index (χ1) is 12.0. The highest BCUT2D eigenvalue weighted by molar-refractivity contribution is 5.88. The summed E-state index contributed by atoms with van der Waals surface area (Å²) in [4.78, 5) is 26.0. The highest BCUT2D eigenvalue weighted by Crippen LogP contribution is 2.14. The second-order valence-corrected chi connectivity index (χ2v) is 6.06. The summed E-state index contributed by atoms with van der Waals surface area (Å²) in [7, 11) is 3.97. The van der Waals surface area contributed by atoms with Crippen molar-refractivity contribution in [1.29, 1.82) is 0 Å². The lowest BCUT2D eigenvalue weighted by molar-refractivity contribution is -0.120. The first kappa shape index (κ1) is 16.7. The van der Waals surface area contributed by atoms with Crippen molar-refractivity contribution in [2.75, 3.05) is 19.0 Å². The Balaban J connectivity index is 1.67. The predicted molar refractivity (Wildman–Crippen MR) is 98.7 cm³/mol. The van der Waals surface area contributed by atoms with Crippen LogP contribution in [0.2, 0.25) is 0 Å². The van der Waals surface area contributed by atoms with Crippen LogP contribution >= 0.6 is 0 Å². The topological polar surface area (TPSA) is 78.1 Å². The van der Waals surface area contributed by atoms with Crippen LogP contribution in [-0.4, -0.2) is 30.2 Å². The number of nitrogens with one attached hydrogen (secondary N) is 2. The lowest BCUT2D eigenvalue weighted by atomic mass is 10.1. The van der Waals surface area contributed by atoms with Crippen molar-refractivity contribution in [2.24, 2.45) is 0 Å². The van der Waals surface area contributed by atoms with Gasteiger partial charge in [-0.15, -0.1) is 0 Å². The van der Waals surface area contributed by atoms with E-state index in [2.05, 4.69) is 15.5 Å². The molecule has 1 heterocycles. The lowest BCUT2D eigenvalue weighted by Crippen LogP contribution is -2.26. The number of aromatic amines is 1. The Morgan fingerprint density at radius 1 is 1.08 bits per heavy atom. The van der Waals surface area contributed by atoms with Crippen LogP contribution in [0.3, 0.4) is 0 Å². The average molecular weight is 336 g/mol. The van der Waals surface area contributed by atoms with Crippen LogP contribution in [0.4, 0.5) is 5.69 Å². The number of carbonyl (C=O) groups excluding carboxylic acids is 1. The van der Waals surface area contributed by atoms with Crippen LogP contribution in [0.15, 0.2) is 53.3 Å². The zero-order valence-corrected chi connectivity index (χ0v) is 14.2. The second-order valence-electron chi connectivity index (χ2n) is 6.06. The molecule has 0 fully saturated rings. The Kier molecular flexibility index (Phi) is 4.79. The molecule has 2 N–H and O–H groups in total. The number of rotatable bonds is 5. The number of amides is 1. The van der Waals surface area contributed by atoms with Crippen molar-refractivity contribution in [2.45, 2.75) is 13.0 Å². The summed E-state index contributed by atoms with van der Waals surface area (Å²) in [5, 5.41) is 10.6. The summed E-state index contributed by atoms with van der Waals surface area (Å²) in [6, 6.07) is 15.2. The zero-order valence-electron chi connectivity index (χ0n) is 14.2. The quantitative estimate of drug-likeness (QED) is 0.745. The second kappa shape index (κ2) is 7.17.